The van der Waals surface area contributed by atoms with Gasteiger partial charge in [-0.15, -0.1) is 0 Å². The minimum Gasteiger partial charge on any atom is -0.350 e. The quantitative estimate of drug-likeness (QED) is 0.335. The average Bonchev–Trinajstić information content (AvgIpc) is 2.91. The van der Waals surface area contributed by atoms with E-state index in [9.17, 15) is 18.0 Å². The van der Waals surface area contributed by atoms with E-state index in [4.69, 9.17) is 0 Å². The molecule has 1 atom stereocenters. The van der Waals surface area contributed by atoms with Gasteiger partial charge in [-0.05, 0) is 69.9 Å². The molecule has 3 aromatic rings. The lowest BCUT2D eigenvalue weighted by Gasteiger charge is -2.35. The molecule has 0 saturated heterocycles. The minimum absolute atomic E-state index is 0.101. The summed E-state index contributed by atoms with van der Waals surface area (Å²) in [6, 6.07) is 22.4. The summed E-state index contributed by atoms with van der Waals surface area (Å²) in [6.07, 6.45) is 0.959. The number of carbonyl (C=O) groups excluding carboxylic acids is 2. The van der Waals surface area contributed by atoms with Gasteiger partial charge in [-0.25, -0.2) is 8.42 Å². The maximum Gasteiger partial charge on any atom is 0.264 e. The van der Waals surface area contributed by atoms with Crippen LogP contribution in [0.1, 0.15) is 57.7 Å². The van der Waals surface area contributed by atoms with Crippen molar-refractivity contribution in [3.05, 3.63) is 95.6 Å². The van der Waals surface area contributed by atoms with Crippen LogP contribution in [-0.4, -0.2) is 43.3 Å². The number of hydrogen-bond acceptors (Lipinski definition) is 4. The van der Waals surface area contributed by atoms with E-state index in [1.807, 2.05) is 84.0 Å². The van der Waals surface area contributed by atoms with Crippen molar-refractivity contribution < 1.29 is 18.0 Å². The maximum atomic E-state index is 14.2. The number of nitrogens with zero attached hydrogens (tertiary/aromatic N) is 2. The average molecular weight is 564 g/mol. The highest BCUT2D eigenvalue weighted by Crippen LogP contribution is 2.28. The summed E-state index contributed by atoms with van der Waals surface area (Å²) in [4.78, 5) is 29.2. The van der Waals surface area contributed by atoms with Crippen molar-refractivity contribution in [2.45, 2.75) is 77.4 Å². The Hall–Kier alpha value is -3.65. The Morgan fingerprint density at radius 2 is 1.48 bits per heavy atom. The summed E-state index contributed by atoms with van der Waals surface area (Å²) in [5, 5.41) is 2.99. The van der Waals surface area contributed by atoms with Crippen molar-refractivity contribution in [3.63, 3.8) is 0 Å². The molecule has 1 unspecified atom stereocenters. The second-order valence-corrected chi connectivity index (χ2v) is 12.8. The van der Waals surface area contributed by atoms with Crippen LogP contribution in [0.15, 0.2) is 83.8 Å². The fourth-order valence-corrected chi connectivity index (χ4v) is 6.01. The van der Waals surface area contributed by atoms with E-state index in [0.29, 0.717) is 18.5 Å². The number of sulfonamides is 1. The number of para-hydroxylation sites is 1. The van der Waals surface area contributed by atoms with Crippen LogP contribution in [0.3, 0.4) is 0 Å². The molecule has 0 spiro atoms. The zero-order valence-electron chi connectivity index (χ0n) is 24.3. The Morgan fingerprint density at radius 1 is 0.875 bits per heavy atom. The molecule has 0 aliphatic carbocycles. The summed E-state index contributed by atoms with van der Waals surface area (Å²) in [5.41, 5.74) is 2.54. The fraction of sp³-hybridized carbons (Fsp3) is 0.375. The first-order valence-corrected chi connectivity index (χ1v) is 15.1. The van der Waals surface area contributed by atoms with Crippen LogP contribution >= 0.6 is 0 Å². The van der Waals surface area contributed by atoms with Gasteiger partial charge in [-0.2, -0.15) is 0 Å². The highest BCUT2D eigenvalue weighted by Gasteiger charge is 2.35. The van der Waals surface area contributed by atoms with E-state index in [-0.39, 0.29) is 17.3 Å². The fourth-order valence-electron chi connectivity index (χ4n) is 4.56. The molecule has 1 N–H and O–H groups in total. The number of rotatable bonds is 11. The molecule has 0 heterocycles. The lowest BCUT2D eigenvalue weighted by molar-refractivity contribution is -0.141. The third-order valence-electron chi connectivity index (χ3n) is 6.61. The Kier molecular flexibility index (Phi) is 10.1. The van der Waals surface area contributed by atoms with Gasteiger partial charge in [0.25, 0.3) is 10.0 Å². The van der Waals surface area contributed by atoms with Gasteiger partial charge in [0, 0.05) is 12.1 Å². The lowest BCUT2D eigenvalue weighted by Crippen LogP contribution is -2.55. The monoisotopic (exact) mass is 563 g/mol. The molecule has 2 amide bonds. The zero-order valence-corrected chi connectivity index (χ0v) is 25.2. The Labute approximate surface area is 239 Å². The third kappa shape index (κ3) is 7.72. The smallest absolute Gasteiger partial charge is 0.264 e. The molecule has 7 nitrogen and oxygen atoms in total. The molecule has 0 aliphatic rings. The van der Waals surface area contributed by atoms with Gasteiger partial charge in [0.05, 0.1) is 10.6 Å². The normalized spacial score (nSPS) is 12.4. The molecule has 0 radical (unpaired) electrons. The SMILES string of the molecule is CCc1ccccc1N(CC(=O)N(Cc1ccccc1)C(CC)C(=O)NC(C)(C)C)S(=O)(=O)c1ccc(C)cc1. The predicted molar refractivity (Wildman–Crippen MR) is 160 cm³/mol. The van der Waals surface area contributed by atoms with E-state index in [1.165, 1.54) is 9.21 Å². The summed E-state index contributed by atoms with van der Waals surface area (Å²) < 4.78 is 29.3. The molecule has 40 heavy (non-hydrogen) atoms. The van der Waals surface area contributed by atoms with E-state index in [2.05, 4.69) is 5.32 Å². The van der Waals surface area contributed by atoms with Crippen LogP contribution in [0.4, 0.5) is 5.69 Å². The number of carbonyl (C=O) groups is 2. The largest absolute Gasteiger partial charge is 0.350 e. The first-order chi connectivity index (χ1) is 18.9. The van der Waals surface area contributed by atoms with Gasteiger partial charge < -0.3 is 10.2 Å². The molecule has 8 heteroatoms. The predicted octanol–water partition coefficient (Wildman–Crippen LogP) is 5.47. The second-order valence-electron chi connectivity index (χ2n) is 11.0. The molecule has 0 aliphatic heterocycles. The van der Waals surface area contributed by atoms with Crippen molar-refractivity contribution in [3.8, 4) is 0 Å². The number of nitrogens with one attached hydrogen (secondary N) is 1. The topological polar surface area (TPSA) is 86.8 Å². The number of hydrogen-bond donors (Lipinski definition) is 1. The number of amides is 2. The maximum absolute atomic E-state index is 14.2. The van der Waals surface area contributed by atoms with Crippen LogP contribution in [0.2, 0.25) is 0 Å². The van der Waals surface area contributed by atoms with E-state index >= 15 is 0 Å². The summed E-state index contributed by atoms with van der Waals surface area (Å²) in [7, 11) is -4.10. The molecule has 0 saturated carbocycles. The second kappa shape index (κ2) is 13.1. The van der Waals surface area contributed by atoms with Gasteiger partial charge in [-0.3, -0.25) is 13.9 Å². The van der Waals surface area contributed by atoms with Gasteiger partial charge in [0.15, 0.2) is 0 Å². The summed E-state index contributed by atoms with van der Waals surface area (Å²) in [6.45, 7) is 11.1. The number of benzene rings is 3. The third-order valence-corrected chi connectivity index (χ3v) is 8.38. The number of anilines is 1. The van der Waals surface area contributed by atoms with Crippen LogP contribution in [0.5, 0.6) is 0 Å². The first kappa shape index (κ1) is 30.9. The molecule has 0 aromatic heterocycles. The molecule has 3 rings (SSSR count). The van der Waals surface area contributed by atoms with Crippen LogP contribution in [-0.2, 0) is 32.6 Å². The Bertz CT molecular complexity index is 1400. The van der Waals surface area contributed by atoms with Crippen molar-refractivity contribution in [1.82, 2.24) is 10.2 Å². The zero-order chi connectivity index (χ0) is 29.5. The minimum atomic E-state index is -4.10. The highest BCUT2D eigenvalue weighted by atomic mass is 32.2. The molecule has 214 valence electrons. The van der Waals surface area contributed by atoms with Gasteiger partial charge in [0.1, 0.15) is 12.6 Å². The van der Waals surface area contributed by atoms with Crippen LogP contribution < -0.4 is 9.62 Å². The number of aryl methyl sites for hydroxylation is 2. The van der Waals surface area contributed by atoms with Gasteiger partial charge in [-0.1, -0.05) is 80.1 Å². The van der Waals surface area contributed by atoms with Crippen molar-refractivity contribution in [2.75, 3.05) is 10.8 Å². The van der Waals surface area contributed by atoms with E-state index < -0.39 is 34.1 Å². The molecule has 0 fully saturated rings. The van der Waals surface area contributed by atoms with Crippen LogP contribution in [0.25, 0.3) is 0 Å². The summed E-state index contributed by atoms with van der Waals surface area (Å²) in [5.74, 6) is -0.734. The molecular weight excluding hydrogens is 522 g/mol. The Balaban J connectivity index is 2.10. The lowest BCUT2D eigenvalue weighted by atomic mass is 10.1. The van der Waals surface area contributed by atoms with Crippen molar-refractivity contribution >= 4 is 27.5 Å². The molecule has 3 aromatic carbocycles. The van der Waals surface area contributed by atoms with Crippen molar-refractivity contribution in [1.29, 1.82) is 0 Å². The highest BCUT2D eigenvalue weighted by molar-refractivity contribution is 7.92. The first-order valence-electron chi connectivity index (χ1n) is 13.7. The Morgan fingerprint density at radius 3 is 2.05 bits per heavy atom. The standard InChI is InChI=1S/C32H41N3O4S/c1-7-26-16-12-13-17-29(26)35(40(38,39)27-20-18-24(3)19-21-27)23-30(36)34(22-25-14-10-9-11-15-25)28(8-2)31(37)33-32(4,5)6/h9-21,28H,7-8,22-23H2,1-6H3,(H,33,37). The molecule has 0 bridgehead atoms. The van der Waals surface area contributed by atoms with Crippen molar-refractivity contribution in [2.24, 2.45) is 0 Å². The van der Waals surface area contributed by atoms with Crippen LogP contribution in [0, 0.1) is 6.92 Å². The van der Waals surface area contributed by atoms with E-state index in [0.717, 1.165) is 16.7 Å². The summed E-state index contributed by atoms with van der Waals surface area (Å²) >= 11 is 0. The molecular formula is C32H41N3O4S. The van der Waals surface area contributed by atoms with Gasteiger partial charge >= 0.3 is 0 Å². The van der Waals surface area contributed by atoms with Gasteiger partial charge in [0.2, 0.25) is 11.8 Å². The van der Waals surface area contributed by atoms with E-state index in [1.54, 1.807) is 36.4 Å².